The fraction of sp³-hybridized carbons (Fsp3) is 0.632. The lowest BCUT2D eigenvalue weighted by Gasteiger charge is -2.49. The number of carbonyl (C=O) groups excluding carboxylic acids is 1. The highest BCUT2D eigenvalue weighted by Crippen LogP contribution is 2.39. The molecule has 2 saturated heterocycles. The molecule has 31 heavy (non-hydrogen) atoms. The Morgan fingerprint density at radius 1 is 1.00 bits per heavy atom. The zero-order chi connectivity index (χ0) is 23.1. The van der Waals surface area contributed by atoms with Gasteiger partial charge in [-0.25, -0.2) is 0 Å². The number of hydrogen-bond donors (Lipinski definition) is 9. The predicted molar refractivity (Wildman–Crippen MR) is 98.4 cm³/mol. The molecule has 2 heterocycles. The van der Waals surface area contributed by atoms with E-state index >= 15 is 0 Å². The summed E-state index contributed by atoms with van der Waals surface area (Å²) >= 11 is 0. The van der Waals surface area contributed by atoms with E-state index in [9.17, 15) is 50.8 Å². The van der Waals surface area contributed by atoms with Gasteiger partial charge < -0.3 is 55.4 Å². The first-order valence-electron chi connectivity index (χ1n) is 9.52. The average Bonchev–Trinajstić information content (AvgIpc) is 3.02. The zero-order valence-electron chi connectivity index (χ0n) is 16.2. The first kappa shape index (κ1) is 24.1. The van der Waals surface area contributed by atoms with Crippen LogP contribution in [0.15, 0.2) is 30.3 Å². The van der Waals surface area contributed by atoms with Crippen molar-refractivity contribution in [3.05, 3.63) is 35.9 Å². The zero-order valence-corrected chi connectivity index (χ0v) is 16.2. The van der Waals surface area contributed by atoms with E-state index in [1.54, 1.807) is 6.07 Å². The first-order valence-corrected chi connectivity index (χ1v) is 9.52. The van der Waals surface area contributed by atoms with Crippen LogP contribution in [0.5, 0.6) is 0 Å². The van der Waals surface area contributed by atoms with E-state index < -0.39 is 79.2 Å². The SMILES string of the molecule is O=C(c1ccccc1)[C@]1(O)[C@H](C(O)[C@H]2O[C@@](O)(CO)[C@@H](O)[C@@H]2O)O[C@H](CO)[C@@H](O)[C@@H]1O. The molecular weight excluding hydrogens is 420 g/mol. The normalized spacial score (nSPS) is 44.2. The van der Waals surface area contributed by atoms with Crippen LogP contribution in [0.3, 0.4) is 0 Å². The Bertz CT molecular complexity index is 776. The molecule has 0 radical (unpaired) electrons. The molecule has 0 bridgehead atoms. The number of ketones is 1. The molecule has 2 fully saturated rings. The van der Waals surface area contributed by atoms with Gasteiger partial charge in [-0.2, -0.15) is 0 Å². The van der Waals surface area contributed by atoms with Gasteiger partial charge in [-0.15, -0.1) is 0 Å². The van der Waals surface area contributed by atoms with Crippen molar-refractivity contribution >= 4 is 5.78 Å². The summed E-state index contributed by atoms with van der Waals surface area (Å²) in [5.41, 5.74) is -3.10. The summed E-state index contributed by atoms with van der Waals surface area (Å²) in [4.78, 5) is 13.1. The van der Waals surface area contributed by atoms with Gasteiger partial charge in [-0.1, -0.05) is 30.3 Å². The molecule has 1 aromatic carbocycles. The molecule has 2 aliphatic heterocycles. The van der Waals surface area contributed by atoms with Crippen molar-refractivity contribution in [2.24, 2.45) is 0 Å². The summed E-state index contributed by atoms with van der Waals surface area (Å²) in [6.45, 7) is -2.03. The first-order chi connectivity index (χ1) is 14.5. The van der Waals surface area contributed by atoms with Crippen molar-refractivity contribution in [2.45, 2.75) is 60.2 Å². The third kappa shape index (κ3) is 3.79. The maximum Gasteiger partial charge on any atom is 0.219 e. The minimum Gasteiger partial charge on any atom is -0.394 e. The smallest absolute Gasteiger partial charge is 0.219 e. The van der Waals surface area contributed by atoms with E-state index in [4.69, 9.17) is 9.47 Å². The molecule has 0 aliphatic carbocycles. The summed E-state index contributed by atoms with van der Waals surface area (Å²) < 4.78 is 10.3. The number of ether oxygens (including phenoxy) is 2. The second kappa shape index (κ2) is 8.77. The van der Waals surface area contributed by atoms with Crippen LogP contribution in [0, 0.1) is 0 Å². The molecule has 1 aromatic rings. The molecule has 0 saturated carbocycles. The van der Waals surface area contributed by atoms with Gasteiger partial charge in [0.05, 0.1) is 13.2 Å². The number of Topliss-reactive ketones (excluding diaryl/α,β-unsaturated/α-hetero) is 1. The highest BCUT2D eigenvalue weighted by atomic mass is 16.7. The largest absolute Gasteiger partial charge is 0.394 e. The van der Waals surface area contributed by atoms with Gasteiger partial charge in [0.1, 0.15) is 48.8 Å². The van der Waals surface area contributed by atoms with Crippen molar-refractivity contribution in [3.63, 3.8) is 0 Å². The predicted octanol–water partition coefficient (Wildman–Crippen LogP) is -4.76. The highest BCUT2D eigenvalue weighted by Gasteiger charge is 2.65. The second-order valence-corrected chi connectivity index (χ2v) is 7.75. The van der Waals surface area contributed by atoms with Gasteiger partial charge >= 0.3 is 0 Å². The maximum atomic E-state index is 13.1. The average molecular weight is 446 g/mol. The highest BCUT2D eigenvalue weighted by molar-refractivity contribution is 6.03. The summed E-state index contributed by atoms with van der Waals surface area (Å²) in [5, 5.41) is 91.8. The molecule has 2 aliphatic rings. The van der Waals surface area contributed by atoms with Crippen LogP contribution in [0.25, 0.3) is 0 Å². The van der Waals surface area contributed by atoms with Gasteiger partial charge in [0, 0.05) is 5.56 Å². The third-order valence-electron chi connectivity index (χ3n) is 5.83. The number of aliphatic hydroxyl groups excluding tert-OH is 7. The van der Waals surface area contributed by atoms with Crippen LogP contribution in [-0.2, 0) is 9.47 Å². The lowest BCUT2D eigenvalue weighted by Crippen LogP contribution is -2.73. The Balaban J connectivity index is 2.02. The molecular formula is C19H26O12. The Morgan fingerprint density at radius 2 is 1.61 bits per heavy atom. The monoisotopic (exact) mass is 446 g/mol. The summed E-state index contributed by atoms with van der Waals surface area (Å²) in [6, 6.07) is 7.11. The topological polar surface area (TPSA) is 218 Å². The van der Waals surface area contributed by atoms with Crippen LogP contribution in [0.2, 0.25) is 0 Å². The van der Waals surface area contributed by atoms with Gasteiger partial charge in [-0.05, 0) is 0 Å². The fourth-order valence-corrected chi connectivity index (χ4v) is 3.98. The number of carbonyl (C=O) groups is 1. The molecule has 0 aromatic heterocycles. The number of benzene rings is 1. The van der Waals surface area contributed by atoms with Gasteiger partial charge in [0.15, 0.2) is 11.4 Å². The lowest BCUT2D eigenvalue weighted by molar-refractivity contribution is -0.297. The molecule has 12 nitrogen and oxygen atoms in total. The Morgan fingerprint density at radius 3 is 2.13 bits per heavy atom. The minimum atomic E-state index is -2.99. The lowest BCUT2D eigenvalue weighted by atomic mass is 9.74. The van der Waals surface area contributed by atoms with E-state index in [1.165, 1.54) is 24.3 Å². The van der Waals surface area contributed by atoms with Crippen molar-refractivity contribution in [3.8, 4) is 0 Å². The Labute approximate surface area is 176 Å². The Kier molecular flexibility index (Phi) is 6.82. The number of aliphatic hydroxyl groups is 9. The van der Waals surface area contributed by atoms with Crippen LogP contribution in [-0.4, -0.2) is 125 Å². The molecule has 9 N–H and O–H groups in total. The summed E-state index contributed by atoms with van der Waals surface area (Å²) in [7, 11) is 0. The van der Waals surface area contributed by atoms with Crippen molar-refractivity contribution in [1.82, 2.24) is 0 Å². The fourth-order valence-electron chi connectivity index (χ4n) is 3.98. The van der Waals surface area contributed by atoms with Crippen LogP contribution >= 0.6 is 0 Å². The molecule has 0 spiro atoms. The number of hydrogen-bond acceptors (Lipinski definition) is 12. The molecule has 174 valence electrons. The van der Waals surface area contributed by atoms with E-state index in [2.05, 4.69) is 0 Å². The van der Waals surface area contributed by atoms with Gasteiger partial charge in [0.25, 0.3) is 0 Å². The quantitative estimate of drug-likeness (QED) is 0.188. The van der Waals surface area contributed by atoms with Gasteiger partial charge in [-0.3, -0.25) is 4.79 Å². The number of rotatable bonds is 6. The molecule has 12 heteroatoms. The molecule has 3 rings (SSSR count). The van der Waals surface area contributed by atoms with Crippen molar-refractivity contribution in [2.75, 3.05) is 13.2 Å². The van der Waals surface area contributed by atoms with Gasteiger partial charge in [0.2, 0.25) is 5.79 Å². The maximum absolute atomic E-state index is 13.1. The Hall–Kier alpha value is -1.55. The van der Waals surface area contributed by atoms with E-state index in [1.807, 2.05) is 0 Å². The van der Waals surface area contributed by atoms with E-state index in [-0.39, 0.29) is 5.56 Å². The summed E-state index contributed by atoms with van der Waals surface area (Å²) in [5.74, 6) is -3.80. The summed E-state index contributed by atoms with van der Waals surface area (Å²) in [6.07, 6.45) is -16.0. The standard InChI is InChI=1S/C19H26O12/c20-6-9-10(22)16(27)19(29,14(25)8-4-2-1-3-5-8)17(30-9)12(24)13-11(23)15(26)18(28,7-21)31-13/h1-5,9-13,15-17,20-24,26-29H,6-7H2/t9-,10-,11-,12?,13+,15+,16+,17+,18+,19-/m1/s1. The second-order valence-electron chi connectivity index (χ2n) is 7.75. The molecule has 0 amide bonds. The van der Waals surface area contributed by atoms with Crippen LogP contribution < -0.4 is 0 Å². The third-order valence-corrected chi connectivity index (χ3v) is 5.83. The molecule has 10 atom stereocenters. The van der Waals surface area contributed by atoms with Crippen molar-refractivity contribution in [1.29, 1.82) is 0 Å². The van der Waals surface area contributed by atoms with E-state index in [0.29, 0.717) is 0 Å². The van der Waals surface area contributed by atoms with Crippen molar-refractivity contribution < 1.29 is 60.2 Å². The van der Waals surface area contributed by atoms with Crippen LogP contribution in [0.1, 0.15) is 10.4 Å². The van der Waals surface area contributed by atoms with Crippen LogP contribution in [0.4, 0.5) is 0 Å². The van der Waals surface area contributed by atoms with E-state index in [0.717, 1.165) is 0 Å². The minimum absolute atomic E-state index is 0.112. The molecule has 1 unspecified atom stereocenters.